The minimum absolute atomic E-state index is 0.172. The summed E-state index contributed by atoms with van der Waals surface area (Å²) in [6.45, 7) is 1.77. The van der Waals surface area contributed by atoms with Crippen molar-refractivity contribution in [2.24, 2.45) is 0 Å². The van der Waals surface area contributed by atoms with E-state index in [1.54, 1.807) is 50.4 Å². The third-order valence-electron chi connectivity index (χ3n) is 3.48. The van der Waals surface area contributed by atoms with Gasteiger partial charge < -0.3 is 14.5 Å². The van der Waals surface area contributed by atoms with Crippen LogP contribution >= 0.6 is 23.4 Å². The van der Waals surface area contributed by atoms with Crippen molar-refractivity contribution in [2.75, 3.05) is 12.4 Å². The van der Waals surface area contributed by atoms with Gasteiger partial charge in [0.2, 0.25) is 11.8 Å². The summed E-state index contributed by atoms with van der Waals surface area (Å²) in [5, 5.41) is 11.4. The number of carbonyl (C=O) groups is 1. The molecule has 0 spiro atoms. The standard InChI is InChI=1S/C18H16ClN3O3S/c1-11(16(23)20-14-4-3-5-15(10-14)24-2)26-18-22-21-17(25-18)12-6-8-13(19)9-7-12/h3-11H,1-2H3,(H,20,23). The number of nitrogens with zero attached hydrogens (tertiary/aromatic N) is 2. The van der Waals surface area contributed by atoms with Crippen molar-refractivity contribution in [3.05, 3.63) is 53.6 Å². The molecule has 0 bridgehead atoms. The fourth-order valence-electron chi connectivity index (χ4n) is 2.12. The summed E-state index contributed by atoms with van der Waals surface area (Å²) in [5.74, 6) is 0.881. The Morgan fingerprint density at radius 3 is 2.73 bits per heavy atom. The maximum atomic E-state index is 12.4. The van der Waals surface area contributed by atoms with E-state index in [1.165, 1.54) is 11.8 Å². The van der Waals surface area contributed by atoms with E-state index in [4.69, 9.17) is 20.8 Å². The van der Waals surface area contributed by atoms with Gasteiger partial charge in [0.1, 0.15) is 5.75 Å². The SMILES string of the molecule is COc1cccc(NC(=O)C(C)Sc2nnc(-c3ccc(Cl)cc3)o2)c1. The van der Waals surface area contributed by atoms with Crippen molar-refractivity contribution in [3.63, 3.8) is 0 Å². The second kappa shape index (κ2) is 8.25. The molecule has 3 aromatic rings. The molecule has 6 nitrogen and oxygen atoms in total. The van der Waals surface area contributed by atoms with Crippen molar-refractivity contribution in [1.82, 2.24) is 10.2 Å². The van der Waals surface area contributed by atoms with Gasteiger partial charge in [-0.25, -0.2) is 0 Å². The highest BCUT2D eigenvalue weighted by Crippen LogP contribution is 2.27. The van der Waals surface area contributed by atoms with E-state index in [9.17, 15) is 4.79 Å². The zero-order chi connectivity index (χ0) is 18.5. The number of ether oxygens (including phenoxy) is 1. The third kappa shape index (κ3) is 4.56. The molecule has 1 unspecified atom stereocenters. The monoisotopic (exact) mass is 389 g/mol. The summed E-state index contributed by atoms with van der Waals surface area (Å²) < 4.78 is 10.8. The molecule has 0 fully saturated rings. The molecule has 3 rings (SSSR count). The summed E-state index contributed by atoms with van der Waals surface area (Å²) in [4.78, 5) is 12.4. The number of carbonyl (C=O) groups excluding carboxylic acids is 1. The smallest absolute Gasteiger partial charge is 0.277 e. The molecule has 1 amide bonds. The largest absolute Gasteiger partial charge is 0.497 e. The number of hydrogen-bond acceptors (Lipinski definition) is 6. The molecule has 0 aliphatic carbocycles. The van der Waals surface area contributed by atoms with Gasteiger partial charge in [-0.15, -0.1) is 10.2 Å². The molecule has 1 atom stereocenters. The Bertz CT molecular complexity index is 899. The molecular formula is C18H16ClN3O3S. The van der Waals surface area contributed by atoms with Crippen LogP contribution in [-0.4, -0.2) is 28.5 Å². The van der Waals surface area contributed by atoms with Gasteiger partial charge in [-0.2, -0.15) is 0 Å². The lowest BCUT2D eigenvalue weighted by Gasteiger charge is -2.10. The van der Waals surface area contributed by atoms with Crippen molar-refractivity contribution in [1.29, 1.82) is 0 Å². The second-order valence-corrected chi connectivity index (χ2v) is 7.09. The molecule has 134 valence electrons. The average molecular weight is 390 g/mol. The van der Waals surface area contributed by atoms with Crippen LogP contribution in [0.5, 0.6) is 5.75 Å². The number of thioether (sulfide) groups is 1. The highest BCUT2D eigenvalue weighted by atomic mass is 35.5. The van der Waals surface area contributed by atoms with Crippen LogP contribution in [0.15, 0.2) is 58.2 Å². The number of nitrogens with one attached hydrogen (secondary N) is 1. The first kappa shape index (κ1) is 18.3. The number of aromatic nitrogens is 2. The molecule has 1 aromatic heterocycles. The van der Waals surface area contributed by atoms with Crippen LogP contribution in [0, 0.1) is 0 Å². The molecule has 8 heteroatoms. The maximum Gasteiger partial charge on any atom is 0.277 e. The zero-order valence-electron chi connectivity index (χ0n) is 14.1. The first-order valence-corrected chi connectivity index (χ1v) is 9.02. The first-order chi connectivity index (χ1) is 12.5. The van der Waals surface area contributed by atoms with Crippen LogP contribution in [-0.2, 0) is 4.79 Å². The quantitative estimate of drug-likeness (QED) is 0.624. The van der Waals surface area contributed by atoms with E-state index in [-0.39, 0.29) is 5.91 Å². The van der Waals surface area contributed by atoms with Crippen LogP contribution in [0.2, 0.25) is 5.02 Å². The number of hydrogen-bond donors (Lipinski definition) is 1. The lowest BCUT2D eigenvalue weighted by molar-refractivity contribution is -0.115. The number of anilines is 1. The van der Waals surface area contributed by atoms with Crippen molar-refractivity contribution in [3.8, 4) is 17.2 Å². The van der Waals surface area contributed by atoms with Crippen LogP contribution in [0.4, 0.5) is 5.69 Å². The van der Waals surface area contributed by atoms with E-state index < -0.39 is 5.25 Å². The van der Waals surface area contributed by atoms with Gasteiger partial charge in [-0.05, 0) is 43.3 Å². The van der Waals surface area contributed by atoms with Gasteiger partial charge in [0.05, 0.1) is 12.4 Å². The summed E-state index contributed by atoms with van der Waals surface area (Å²) in [6, 6.07) is 14.2. The van der Waals surface area contributed by atoms with E-state index in [0.717, 1.165) is 5.56 Å². The third-order valence-corrected chi connectivity index (χ3v) is 4.67. The van der Waals surface area contributed by atoms with Crippen LogP contribution in [0.3, 0.4) is 0 Å². The average Bonchev–Trinajstić information content (AvgIpc) is 3.11. The van der Waals surface area contributed by atoms with E-state index >= 15 is 0 Å². The van der Waals surface area contributed by atoms with Gasteiger partial charge in [0, 0.05) is 22.3 Å². The summed E-state index contributed by atoms with van der Waals surface area (Å²) >= 11 is 7.06. The van der Waals surface area contributed by atoms with Gasteiger partial charge in [0.15, 0.2) is 0 Å². The lowest BCUT2D eigenvalue weighted by Crippen LogP contribution is -2.22. The summed E-state index contributed by atoms with van der Waals surface area (Å²) in [5.41, 5.74) is 1.43. The number of amides is 1. The number of methoxy groups -OCH3 is 1. The fourth-order valence-corrected chi connectivity index (χ4v) is 2.93. The molecule has 1 N–H and O–H groups in total. The second-order valence-electron chi connectivity index (χ2n) is 5.36. The van der Waals surface area contributed by atoms with Gasteiger partial charge in [0.25, 0.3) is 5.22 Å². The molecule has 2 aromatic carbocycles. The Balaban J connectivity index is 1.63. The van der Waals surface area contributed by atoms with Crippen molar-refractivity contribution in [2.45, 2.75) is 17.4 Å². The molecule has 0 radical (unpaired) electrons. The minimum atomic E-state index is -0.417. The number of rotatable bonds is 6. The van der Waals surface area contributed by atoms with Gasteiger partial charge in [-0.3, -0.25) is 4.79 Å². The van der Waals surface area contributed by atoms with Crippen molar-refractivity contribution >= 4 is 35.0 Å². The van der Waals surface area contributed by atoms with E-state index in [2.05, 4.69) is 15.5 Å². The molecule has 0 aliphatic rings. The fraction of sp³-hybridized carbons (Fsp3) is 0.167. The lowest BCUT2D eigenvalue weighted by atomic mass is 10.2. The Morgan fingerprint density at radius 1 is 1.23 bits per heavy atom. The molecule has 26 heavy (non-hydrogen) atoms. The number of benzene rings is 2. The van der Waals surface area contributed by atoms with Crippen LogP contribution in [0.1, 0.15) is 6.92 Å². The summed E-state index contributed by atoms with van der Waals surface area (Å²) in [6.07, 6.45) is 0. The molecule has 0 saturated heterocycles. The molecule has 1 heterocycles. The predicted molar refractivity (Wildman–Crippen MR) is 102 cm³/mol. The Morgan fingerprint density at radius 2 is 2.00 bits per heavy atom. The van der Waals surface area contributed by atoms with Gasteiger partial charge >= 0.3 is 0 Å². The summed E-state index contributed by atoms with van der Waals surface area (Å²) in [7, 11) is 1.58. The van der Waals surface area contributed by atoms with Crippen LogP contribution < -0.4 is 10.1 Å². The zero-order valence-corrected chi connectivity index (χ0v) is 15.7. The Labute approximate surface area is 159 Å². The van der Waals surface area contributed by atoms with E-state index in [1.807, 2.05) is 12.1 Å². The first-order valence-electron chi connectivity index (χ1n) is 7.76. The maximum absolute atomic E-state index is 12.4. The normalized spacial score (nSPS) is 11.8. The van der Waals surface area contributed by atoms with Gasteiger partial charge in [-0.1, -0.05) is 29.4 Å². The Hall–Kier alpha value is -2.51. The highest BCUT2D eigenvalue weighted by Gasteiger charge is 2.19. The number of halogens is 1. The van der Waals surface area contributed by atoms with Crippen LogP contribution in [0.25, 0.3) is 11.5 Å². The van der Waals surface area contributed by atoms with E-state index in [0.29, 0.717) is 27.6 Å². The van der Waals surface area contributed by atoms with Crippen molar-refractivity contribution < 1.29 is 13.9 Å². The molecular weight excluding hydrogens is 374 g/mol. The predicted octanol–water partition coefficient (Wildman–Crippen LogP) is 4.52. The highest BCUT2D eigenvalue weighted by molar-refractivity contribution is 8.00. The molecule has 0 saturated carbocycles. The topological polar surface area (TPSA) is 77.2 Å². The Kier molecular flexibility index (Phi) is 5.80. The molecule has 0 aliphatic heterocycles. The minimum Gasteiger partial charge on any atom is -0.497 e.